The molecule has 0 aliphatic heterocycles. The van der Waals surface area contributed by atoms with E-state index in [4.69, 9.17) is 0 Å². The van der Waals surface area contributed by atoms with Gasteiger partial charge < -0.3 is 5.32 Å². The van der Waals surface area contributed by atoms with Crippen LogP contribution < -0.4 is 5.32 Å². The van der Waals surface area contributed by atoms with Crippen molar-refractivity contribution in [1.29, 1.82) is 0 Å². The number of rotatable bonds is 6. The van der Waals surface area contributed by atoms with Crippen molar-refractivity contribution < 1.29 is 0 Å². The summed E-state index contributed by atoms with van der Waals surface area (Å²) in [5, 5.41) is 4.76. The standard InChI is InChI=1S/C13H17BrN2S2/c1-3-6-15-11(12-8-16-9(2)17-12)7-10-4-5-13(14)18-10/h4-5,8,11,15H,3,6-7H2,1-2H3. The first-order valence-electron chi connectivity index (χ1n) is 6.09. The van der Waals surface area contributed by atoms with Gasteiger partial charge in [-0.1, -0.05) is 6.92 Å². The number of nitrogens with one attached hydrogen (secondary N) is 1. The minimum atomic E-state index is 0.390. The van der Waals surface area contributed by atoms with E-state index in [1.54, 1.807) is 11.3 Å². The molecule has 0 spiro atoms. The SMILES string of the molecule is CCCNC(Cc1ccc(Br)s1)c1cnc(C)s1. The molecule has 0 amide bonds. The van der Waals surface area contributed by atoms with Crippen molar-refractivity contribution in [3.8, 4) is 0 Å². The van der Waals surface area contributed by atoms with Crippen molar-refractivity contribution >= 4 is 38.6 Å². The van der Waals surface area contributed by atoms with Crippen LogP contribution in [0.5, 0.6) is 0 Å². The van der Waals surface area contributed by atoms with E-state index < -0.39 is 0 Å². The lowest BCUT2D eigenvalue weighted by molar-refractivity contribution is 0.539. The van der Waals surface area contributed by atoms with E-state index in [0.717, 1.165) is 24.4 Å². The Labute approximate surface area is 125 Å². The first kappa shape index (κ1) is 14.2. The summed E-state index contributed by atoms with van der Waals surface area (Å²) in [6, 6.07) is 4.71. The molecule has 98 valence electrons. The Balaban J connectivity index is 2.09. The topological polar surface area (TPSA) is 24.9 Å². The van der Waals surface area contributed by atoms with Gasteiger partial charge in [-0.25, -0.2) is 4.98 Å². The van der Waals surface area contributed by atoms with Crippen LogP contribution >= 0.6 is 38.6 Å². The van der Waals surface area contributed by atoms with Gasteiger partial charge in [0.2, 0.25) is 0 Å². The number of nitrogens with zero attached hydrogens (tertiary/aromatic N) is 1. The molecule has 1 N–H and O–H groups in total. The van der Waals surface area contributed by atoms with Crippen LogP contribution in [0.3, 0.4) is 0 Å². The van der Waals surface area contributed by atoms with Crippen molar-refractivity contribution in [3.05, 3.63) is 36.9 Å². The first-order chi connectivity index (χ1) is 8.69. The van der Waals surface area contributed by atoms with Crippen LogP contribution in [0.2, 0.25) is 0 Å². The maximum atomic E-state index is 4.37. The quantitative estimate of drug-likeness (QED) is 0.830. The van der Waals surface area contributed by atoms with Crippen molar-refractivity contribution in [2.75, 3.05) is 6.54 Å². The molecule has 2 aromatic rings. The molecule has 2 heterocycles. The van der Waals surface area contributed by atoms with Crippen molar-refractivity contribution in [2.24, 2.45) is 0 Å². The van der Waals surface area contributed by atoms with Crippen molar-refractivity contribution in [2.45, 2.75) is 32.7 Å². The van der Waals surface area contributed by atoms with Gasteiger partial charge in [-0.05, 0) is 48.0 Å². The third kappa shape index (κ3) is 3.88. The smallest absolute Gasteiger partial charge is 0.0897 e. The van der Waals surface area contributed by atoms with Gasteiger partial charge in [0, 0.05) is 28.4 Å². The minimum Gasteiger partial charge on any atom is -0.309 e. The zero-order valence-corrected chi connectivity index (χ0v) is 13.8. The molecule has 1 unspecified atom stereocenters. The van der Waals surface area contributed by atoms with Crippen LogP contribution in [0.4, 0.5) is 0 Å². The van der Waals surface area contributed by atoms with Gasteiger partial charge >= 0.3 is 0 Å². The summed E-state index contributed by atoms with van der Waals surface area (Å²) in [7, 11) is 0. The molecule has 18 heavy (non-hydrogen) atoms. The minimum absolute atomic E-state index is 0.390. The number of thiophene rings is 1. The van der Waals surface area contributed by atoms with E-state index in [-0.39, 0.29) is 0 Å². The summed E-state index contributed by atoms with van der Waals surface area (Å²) in [4.78, 5) is 7.11. The Kier molecular flexibility index (Phi) is 5.36. The second-order valence-corrected chi connectivity index (χ2v) is 8.01. The molecule has 0 saturated heterocycles. The largest absolute Gasteiger partial charge is 0.309 e. The molecular formula is C13H17BrN2S2. The number of thiazole rings is 1. The number of hydrogen-bond acceptors (Lipinski definition) is 4. The zero-order chi connectivity index (χ0) is 13.0. The highest BCUT2D eigenvalue weighted by molar-refractivity contribution is 9.11. The highest BCUT2D eigenvalue weighted by Gasteiger charge is 2.15. The summed E-state index contributed by atoms with van der Waals surface area (Å²) in [6.07, 6.45) is 4.20. The number of aryl methyl sites for hydroxylation is 1. The van der Waals surface area contributed by atoms with E-state index >= 15 is 0 Å². The Bertz CT molecular complexity index is 493. The van der Waals surface area contributed by atoms with Gasteiger partial charge in [-0.2, -0.15) is 0 Å². The van der Waals surface area contributed by atoms with Gasteiger partial charge in [0.15, 0.2) is 0 Å². The molecule has 2 nitrogen and oxygen atoms in total. The summed E-state index contributed by atoms with van der Waals surface area (Å²) in [5.74, 6) is 0. The average Bonchev–Trinajstić information content (AvgIpc) is 2.93. The van der Waals surface area contributed by atoms with Crippen LogP contribution in [0.1, 0.15) is 34.1 Å². The molecule has 0 aliphatic rings. The molecule has 0 aliphatic carbocycles. The Morgan fingerprint density at radius 1 is 1.39 bits per heavy atom. The van der Waals surface area contributed by atoms with Crippen molar-refractivity contribution in [1.82, 2.24) is 10.3 Å². The fraction of sp³-hybridized carbons (Fsp3) is 0.462. The maximum Gasteiger partial charge on any atom is 0.0897 e. The molecule has 0 bridgehead atoms. The summed E-state index contributed by atoms with van der Waals surface area (Å²) < 4.78 is 1.20. The molecule has 2 aromatic heterocycles. The predicted molar refractivity (Wildman–Crippen MR) is 83.6 cm³/mol. The molecule has 1 atom stereocenters. The van der Waals surface area contributed by atoms with Gasteiger partial charge in [-0.15, -0.1) is 22.7 Å². The Morgan fingerprint density at radius 2 is 2.22 bits per heavy atom. The van der Waals surface area contributed by atoms with E-state index in [2.05, 4.69) is 52.2 Å². The maximum absolute atomic E-state index is 4.37. The average molecular weight is 345 g/mol. The summed E-state index contributed by atoms with van der Waals surface area (Å²) >= 11 is 7.13. The molecule has 0 aromatic carbocycles. The van der Waals surface area contributed by atoms with Crippen molar-refractivity contribution in [3.63, 3.8) is 0 Å². The molecule has 0 fully saturated rings. The van der Waals surface area contributed by atoms with Crippen LogP contribution in [0, 0.1) is 6.92 Å². The Morgan fingerprint density at radius 3 is 2.78 bits per heavy atom. The molecule has 0 radical (unpaired) electrons. The molecular weight excluding hydrogens is 328 g/mol. The first-order valence-corrected chi connectivity index (χ1v) is 8.51. The fourth-order valence-corrected chi connectivity index (χ4v) is 4.18. The van der Waals surface area contributed by atoms with E-state index in [1.165, 1.54) is 13.5 Å². The third-order valence-electron chi connectivity index (χ3n) is 2.66. The monoisotopic (exact) mass is 344 g/mol. The van der Waals surface area contributed by atoms with E-state index in [1.807, 2.05) is 17.5 Å². The van der Waals surface area contributed by atoms with Gasteiger partial charge in [0.05, 0.1) is 8.79 Å². The second kappa shape index (κ2) is 6.80. The number of aromatic nitrogens is 1. The fourth-order valence-electron chi connectivity index (χ4n) is 1.79. The summed E-state index contributed by atoms with van der Waals surface area (Å²) in [6.45, 7) is 5.31. The number of hydrogen-bond donors (Lipinski definition) is 1. The third-order valence-corrected chi connectivity index (χ3v) is 5.33. The number of halogens is 1. The van der Waals surface area contributed by atoms with Gasteiger partial charge in [0.25, 0.3) is 0 Å². The van der Waals surface area contributed by atoms with Crippen LogP contribution in [0.25, 0.3) is 0 Å². The highest BCUT2D eigenvalue weighted by Crippen LogP contribution is 2.29. The van der Waals surface area contributed by atoms with E-state index in [0.29, 0.717) is 6.04 Å². The van der Waals surface area contributed by atoms with Gasteiger partial charge in [-0.3, -0.25) is 0 Å². The van der Waals surface area contributed by atoms with Crippen LogP contribution in [0.15, 0.2) is 22.1 Å². The lowest BCUT2D eigenvalue weighted by atomic mass is 10.1. The molecule has 2 rings (SSSR count). The molecule has 5 heteroatoms. The second-order valence-electron chi connectivity index (χ2n) is 4.20. The predicted octanol–water partition coefficient (Wildman–Crippen LogP) is 4.56. The zero-order valence-electron chi connectivity index (χ0n) is 10.6. The highest BCUT2D eigenvalue weighted by atomic mass is 79.9. The lowest BCUT2D eigenvalue weighted by Gasteiger charge is -2.15. The van der Waals surface area contributed by atoms with Crippen LogP contribution in [-0.2, 0) is 6.42 Å². The summed E-state index contributed by atoms with van der Waals surface area (Å²) in [5.41, 5.74) is 0. The normalized spacial score (nSPS) is 12.8. The van der Waals surface area contributed by atoms with Gasteiger partial charge in [0.1, 0.15) is 0 Å². The Hall–Kier alpha value is -0.230. The van der Waals surface area contributed by atoms with E-state index in [9.17, 15) is 0 Å². The van der Waals surface area contributed by atoms with Crippen LogP contribution in [-0.4, -0.2) is 11.5 Å². The molecule has 0 saturated carbocycles. The lowest BCUT2D eigenvalue weighted by Crippen LogP contribution is -2.23.